The van der Waals surface area contributed by atoms with Gasteiger partial charge in [-0.3, -0.25) is 4.68 Å². The molecule has 4 nitrogen and oxygen atoms in total. The third-order valence-corrected chi connectivity index (χ3v) is 2.72. The Balaban J connectivity index is 2.01. The first-order valence-electron chi connectivity index (χ1n) is 6.11. The topological polar surface area (TPSA) is 39.1 Å². The maximum atomic E-state index is 5.92. The molecule has 0 aromatic carbocycles. The minimum Gasteiger partial charge on any atom is -0.379 e. The highest BCUT2D eigenvalue weighted by atomic mass is 35.5. The molecular weight excluding hydrogens is 238 g/mol. The van der Waals surface area contributed by atoms with Gasteiger partial charge in [-0.2, -0.15) is 5.10 Å². The highest BCUT2D eigenvalue weighted by molar-refractivity contribution is 6.31. The van der Waals surface area contributed by atoms with E-state index in [2.05, 4.69) is 24.3 Å². The van der Waals surface area contributed by atoms with Crippen molar-refractivity contribution in [2.75, 3.05) is 19.7 Å². The molecule has 0 unspecified atom stereocenters. The fourth-order valence-electron chi connectivity index (χ4n) is 1.44. The fourth-order valence-corrected chi connectivity index (χ4v) is 1.59. The normalized spacial score (nSPS) is 11.4. The molecule has 1 aromatic heterocycles. The molecule has 0 saturated carbocycles. The Kier molecular flexibility index (Phi) is 6.55. The SMILES string of the molecule is Cc1nn(CCNCCCOC(C)C)cc1Cl. The standard InChI is InChI=1S/C12H22ClN3O/c1-10(2)17-8-4-5-14-6-7-16-9-12(13)11(3)15-16/h9-10,14H,4-8H2,1-3H3. The van der Waals surface area contributed by atoms with Gasteiger partial charge < -0.3 is 10.1 Å². The van der Waals surface area contributed by atoms with Crippen LogP contribution in [0.1, 0.15) is 26.0 Å². The molecule has 0 aliphatic carbocycles. The summed E-state index contributed by atoms with van der Waals surface area (Å²) in [5, 5.41) is 8.37. The Morgan fingerprint density at radius 3 is 2.82 bits per heavy atom. The minimum atomic E-state index is 0.323. The van der Waals surface area contributed by atoms with Gasteiger partial charge in [0.1, 0.15) is 0 Å². The second kappa shape index (κ2) is 7.69. The van der Waals surface area contributed by atoms with Crippen molar-refractivity contribution in [3.05, 3.63) is 16.9 Å². The van der Waals surface area contributed by atoms with Crippen molar-refractivity contribution in [1.82, 2.24) is 15.1 Å². The van der Waals surface area contributed by atoms with Gasteiger partial charge >= 0.3 is 0 Å². The molecule has 0 atom stereocenters. The van der Waals surface area contributed by atoms with Crippen LogP contribution in [0.25, 0.3) is 0 Å². The summed E-state index contributed by atoms with van der Waals surface area (Å²) in [5.41, 5.74) is 0.886. The summed E-state index contributed by atoms with van der Waals surface area (Å²) in [6.45, 7) is 9.56. The number of halogens is 1. The van der Waals surface area contributed by atoms with Crippen LogP contribution in [0.15, 0.2) is 6.20 Å². The average Bonchev–Trinajstić information content (AvgIpc) is 2.56. The Labute approximate surface area is 108 Å². The molecule has 0 radical (unpaired) electrons. The predicted octanol–water partition coefficient (Wildman–Crippen LogP) is 2.25. The molecule has 1 aromatic rings. The van der Waals surface area contributed by atoms with E-state index in [4.69, 9.17) is 16.3 Å². The van der Waals surface area contributed by atoms with Crippen molar-refractivity contribution in [3.8, 4) is 0 Å². The van der Waals surface area contributed by atoms with Crippen molar-refractivity contribution < 1.29 is 4.74 Å². The summed E-state index contributed by atoms with van der Waals surface area (Å²) < 4.78 is 7.32. The molecule has 1 rings (SSSR count). The maximum Gasteiger partial charge on any atom is 0.0814 e. The third kappa shape index (κ3) is 6.05. The van der Waals surface area contributed by atoms with Crippen LogP contribution in [0, 0.1) is 6.92 Å². The van der Waals surface area contributed by atoms with E-state index < -0.39 is 0 Å². The quantitative estimate of drug-likeness (QED) is 0.728. The van der Waals surface area contributed by atoms with Crippen molar-refractivity contribution in [2.24, 2.45) is 0 Å². The number of hydrogen-bond donors (Lipinski definition) is 1. The number of aryl methyl sites for hydroxylation is 1. The lowest BCUT2D eigenvalue weighted by Crippen LogP contribution is -2.22. The second-order valence-corrected chi connectivity index (χ2v) is 4.76. The van der Waals surface area contributed by atoms with E-state index in [1.165, 1.54) is 0 Å². The highest BCUT2D eigenvalue weighted by Gasteiger charge is 2.00. The first-order valence-corrected chi connectivity index (χ1v) is 6.49. The van der Waals surface area contributed by atoms with Crippen LogP contribution in [0.2, 0.25) is 5.02 Å². The van der Waals surface area contributed by atoms with Gasteiger partial charge in [-0.15, -0.1) is 0 Å². The summed E-state index contributed by atoms with van der Waals surface area (Å²) in [7, 11) is 0. The Morgan fingerprint density at radius 2 is 2.24 bits per heavy atom. The Morgan fingerprint density at radius 1 is 1.47 bits per heavy atom. The summed E-state index contributed by atoms with van der Waals surface area (Å²) in [5.74, 6) is 0. The van der Waals surface area contributed by atoms with Crippen LogP contribution in [-0.4, -0.2) is 35.6 Å². The Hall–Kier alpha value is -0.580. The summed E-state index contributed by atoms with van der Waals surface area (Å²) in [4.78, 5) is 0. The number of rotatable bonds is 8. The lowest BCUT2D eigenvalue weighted by Gasteiger charge is -2.08. The van der Waals surface area contributed by atoms with Crippen LogP contribution in [0.3, 0.4) is 0 Å². The lowest BCUT2D eigenvalue weighted by molar-refractivity contribution is 0.0771. The van der Waals surface area contributed by atoms with E-state index in [1.54, 1.807) is 0 Å². The molecule has 0 aliphatic rings. The van der Waals surface area contributed by atoms with E-state index >= 15 is 0 Å². The number of ether oxygens (including phenoxy) is 1. The molecule has 1 N–H and O–H groups in total. The predicted molar refractivity (Wildman–Crippen MR) is 70.5 cm³/mol. The highest BCUT2D eigenvalue weighted by Crippen LogP contribution is 2.11. The van der Waals surface area contributed by atoms with E-state index in [-0.39, 0.29) is 0 Å². The second-order valence-electron chi connectivity index (χ2n) is 4.35. The maximum absolute atomic E-state index is 5.92. The molecule has 0 fully saturated rings. The molecule has 5 heteroatoms. The van der Waals surface area contributed by atoms with Crippen LogP contribution in [0.5, 0.6) is 0 Å². The average molecular weight is 260 g/mol. The van der Waals surface area contributed by atoms with Crippen LogP contribution in [0.4, 0.5) is 0 Å². The van der Waals surface area contributed by atoms with E-state index in [1.807, 2.05) is 17.8 Å². The lowest BCUT2D eigenvalue weighted by atomic mass is 10.4. The molecule has 17 heavy (non-hydrogen) atoms. The summed E-state index contributed by atoms with van der Waals surface area (Å²) in [6, 6.07) is 0. The van der Waals surface area contributed by atoms with E-state index in [0.29, 0.717) is 6.10 Å². The zero-order chi connectivity index (χ0) is 12.7. The van der Waals surface area contributed by atoms with Gasteiger partial charge in [-0.05, 0) is 33.7 Å². The molecule has 0 spiro atoms. The molecule has 0 aliphatic heterocycles. The van der Waals surface area contributed by atoms with Gasteiger partial charge in [-0.25, -0.2) is 0 Å². The molecule has 0 bridgehead atoms. The van der Waals surface area contributed by atoms with E-state index in [0.717, 1.165) is 43.4 Å². The smallest absolute Gasteiger partial charge is 0.0814 e. The van der Waals surface area contributed by atoms with Gasteiger partial charge in [-0.1, -0.05) is 11.6 Å². The Bertz CT molecular complexity index is 306. The van der Waals surface area contributed by atoms with Crippen molar-refractivity contribution in [3.63, 3.8) is 0 Å². The minimum absolute atomic E-state index is 0.323. The molecule has 98 valence electrons. The zero-order valence-electron chi connectivity index (χ0n) is 10.9. The van der Waals surface area contributed by atoms with Crippen molar-refractivity contribution in [2.45, 2.75) is 39.8 Å². The van der Waals surface area contributed by atoms with Gasteiger partial charge in [0.05, 0.1) is 23.4 Å². The van der Waals surface area contributed by atoms with Crippen molar-refractivity contribution in [1.29, 1.82) is 0 Å². The largest absolute Gasteiger partial charge is 0.379 e. The van der Waals surface area contributed by atoms with Crippen molar-refractivity contribution >= 4 is 11.6 Å². The van der Waals surface area contributed by atoms with Gasteiger partial charge in [0.2, 0.25) is 0 Å². The number of hydrogen-bond acceptors (Lipinski definition) is 3. The first-order chi connectivity index (χ1) is 8.09. The number of nitrogens with zero attached hydrogens (tertiary/aromatic N) is 2. The molecule has 0 saturated heterocycles. The number of aromatic nitrogens is 2. The first kappa shape index (κ1) is 14.5. The molecular formula is C12H22ClN3O. The third-order valence-electron chi connectivity index (χ3n) is 2.35. The molecule has 0 amide bonds. The monoisotopic (exact) mass is 259 g/mol. The fraction of sp³-hybridized carbons (Fsp3) is 0.750. The van der Waals surface area contributed by atoms with Gasteiger partial charge in [0.25, 0.3) is 0 Å². The van der Waals surface area contributed by atoms with E-state index in [9.17, 15) is 0 Å². The summed E-state index contributed by atoms with van der Waals surface area (Å²) in [6.07, 6.45) is 3.22. The van der Waals surface area contributed by atoms with Crippen LogP contribution in [-0.2, 0) is 11.3 Å². The van der Waals surface area contributed by atoms with Crippen LogP contribution >= 0.6 is 11.6 Å². The summed E-state index contributed by atoms with van der Waals surface area (Å²) >= 11 is 5.92. The van der Waals surface area contributed by atoms with Crippen LogP contribution < -0.4 is 5.32 Å². The number of nitrogens with one attached hydrogen (secondary N) is 1. The van der Waals surface area contributed by atoms with Gasteiger partial charge in [0, 0.05) is 19.3 Å². The zero-order valence-corrected chi connectivity index (χ0v) is 11.6. The molecule has 1 heterocycles. The van der Waals surface area contributed by atoms with Gasteiger partial charge in [0.15, 0.2) is 0 Å².